The van der Waals surface area contributed by atoms with Crippen LogP contribution < -0.4 is 11.1 Å². The van der Waals surface area contributed by atoms with Crippen LogP contribution in [0.15, 0.2) is 0 Å². The van der Waals surface area contributed by atoms with Crippen LogP contribution in [0.2, 0.25) is 0 Å². The molecule has 1 saturated heterocycles. The minimum absolute atomic E-state index is 0.0805. The molecule has 0 aliphatic carbocycles. The molecule has 5 heteroatoms. The lowest BCUT2D eigenvalue weighted by molar-refractivity contribution is -0.124. The van der Waals surface area contributed by atoms with Gasteiger partial charge in [-0.3, -0.25) is 9.69 Å². The van der Waals surface area contributed by atoms with E-state index in [1.54, 1.807) is 0 Å². The molecule has 1 aliphatic heterocycles. The zero-order valence-corrected chi connectivity index (χ0v) is 11.5. The second kappa shape index (κ2) is 9.30. The lowest BCUT2D eigenvalue weighted by atomic mass is 10.1. The van der Waals surface area contributed by atoms with Gasteiger partial charge in [0.1, 0.15) is 0 Å². The minimum atomic E-state index is 0.0805. The maximum atomic E-state index is 11.7. The standard InChI is InChI=1S/C13H27N3O2/c1-12(4-2-5-14)13(17)15-6-3-7-16-8-10-18-11-9-16/h12H,2-11,14H2,1H3,(H,15,17). The van der Waals surface area contributed by atoms with Crippen molar-refractivity contribution in [2.24, 2.45) is 11.7 Å². The van der Waals surface area contributed by atoms with Gasteiger partial charge in [0.25, 0.3) is 0 Å². The molecule has 3 N–H and O–H groups in total. The molecule has 1 aliphatic rings. The van der Waals surface area contributed by atoms with Crippen molar-refractivity contribution in [3.05, 3.63) is 0 Å². The Labute approximate surface area is 110 Å². The Morgan fingerprint density at radius 1 is 1.39 bits per heavy atom. The number of hydrogen-bond acceptors (Lipinski definition) is 4. The predicted molar refractivity (Wildman–Crippen MR) is 72.3 cm³/mol. The number of amides is 1. The molecule has 0 aromatic rings. The average molecular weight is 257 g/mol. The first-order valence-corrected chi connectivity index (χ1v) is 7.02. The number of nitrogens with one attached hydrogen (secondary N) is 1. The van der Waals surface area contributed by atoms with Gasteiger partial charge in [-0.15, -0.1) is 0 Å². The maximum absolute atomic E-state index is 11.7. The minimum Gasteiger partial charge on any atom is -0.379 e. The highest BCUT2D eigenvalue weighted by molar-refractivity contribution is 5.78. The van der Waals surface area contributed by atoms with Crippen molar-refractivity contribution in [3.8, 4) is 0 Å². The third-order valence-electron chi connectivity index (χ3n) is 3.34. The topological polar surface area (TPSA) is 67.6 Å². The summed E-state index contributed by atoms with van der Waals surface area (Å²) in [5.41, 5.74) is 5.43. The molecule has 1 atom stereocenters. The summed E-state index contributed by atoms with van der Waals surface area (Å²) in [5.74, 6) is 0.238. The van der Waals surface area contributed by atoms with E-state index in [4.69, 9.17) is 10.5 Å². The second-order valence-electron chi connectivity index (χ2n) is 4.93. The molecule has 0 aromatic carbocycles. The van der Waals surface area contributed by atoms with Gasteiger partial charge in [-0.05, 0) is 32.4 Å². The number of carbonyl (C=O) groups excluding carboxylic acids is 1. The Bertz CT molecular complexity index is 230. The van der Waals surface area contributed by atoms with Crippen molar-refractivity contribution in [2.45, 2.75) is 26.2 Å². The summed E-state index contributed by atoms with van der Waals surface area (Å²) < 4.78 is 5.29. The summed E-state index contributed by atoms with van der Waals surface area (Å²) in [6.07, 6.45) is 2.81. The Morgan fingerprint density at radius 2 is 2.11 bits per heavy atom. The van der Waals surface area contributed by atoms with E-state index < -0.39 is 0 Å². The quantitative estimate of drug-likeness (QED) is 0.610. The van der Waals surface area contributed by atoms with E-state index in [2.05, 4.69) is 10.2 Å². The van der Waals surface area contributed by atoms with E-state index in [1.807, 2.05) is 6.92 Å². The fourth-order valence-electron chi connectivity index (χ4n) is 2.07. The molecular weight excluding hydrogens is 230 g/mol. The number of rotatable bonds is 8. The van der Waals surface area contributed by atoms with Crippen LogP contribution >= 0.6 is 0 Å². The number of nitrogens with zero attached hydrogens (tertiary/aromatic N) is 1. The molecule has 1 unspecified atom stereocenters. The SMILES string of the molecule is CC(CCCN)C(=O)NCCCN1CCOCC1. The molecule has 1 rings (SSSR count). The van der Waals surface area contributed by atoms with Crippen molar-refractivity contribution in [3.63, 3.8) is 0 Å². The number of nitrogens with two attached hydrogens (primary N) is 1. The summed E-state index contributed by atoms with van der Waals surface area (Å²) in [6, 6.07) is 0. The summed E-state index contributed by atoms with van der Waals surface area (Å²) in [6.45, 7) is 8.14. The average Bonchev–Trinajstić information content (AvgIpc) is 2.41. The lowest BCUT2D eigenvalue weighted by Crippen LogP contribution is -2.38. The van der Waals surface area contributed by atoms with Crippen molar-refractivity contribution in [2.75, 3.05) is 45.9 Å². The van der Waals surface area contributed by atoms with Crippen LogP contribution in [0.3, 0.4) is 0 Å². The molecule has 0 radical (unpaired) electrons. The number of hydrogen-bond donors (Lipinski definition) is 2. The van der Waals surface area contributed by atoms with Gasteiger partial charge in [-0.2, -0.15) is 0 Å². The summed E-state index contributed by atoms with van der Waals surface area (Å²) in [4.78, 5) is 14.1. The molecule has 0 bridgehead atoms. The highest BCUT2D eigenvalue weighted by Gasteiger charge is 2.12. The third-order valence-corrected chi connectivity index (χ3v) is 3.34. The van der Waals surface area contributed by atoms with E-state index in [9.17, 15) is 4.79 Å². The number of morpholine rings is 1. The molecule has 0 saturated carbocycles. The van der Waals surface area contributed by atoms with Gasteiger partial charge < -0.3 is 15.8 Å². The van der Waals surface area contributed by atoms with Gasteiger partial charge in [0.05, 0.1) is 13.2 Å². The summed E-state index contributed by atoms with van der Waals surface area (Å²) in [7, 11) is 0. The Morgan fingerprint density at radius 3 is 2.78 bits per heavy atom. The van der Waals surface area contributed by atoms with Crippen LogP contribution in [0.25, 0.3) is 0 Å². The van der Waals surface area contributed by atoms with Gasteiger partial charge in [0, 0.05) is 25.6 Å². The van der Waals surface area contributed by atoms with E-state index >= 15 is 0 Å². The fourth-order valence-corrected chi connectivity index (χ4v) is 2.07. The fraction of sp³-hybridized carbons (Fsp3) is 0.923. The molecule has 1 heterocycles. The second-order valence-corrected chi connectivity index (χ2v) is 4.93. The normalized spacial score (nSPS) is 18.6. The van der Waals surface area contributed by atoms with Crippen molar-refractivity contribution in [1.82, 2.24) is 10.2 Å². The molecule has 1 amide bonds. The predicted octanol–water partition coefficient (Wildman–Crippen LogP) is 0.200. The van der Waals surface area contributed by atoms with Gasteiger partial charge in [0.15, 0.2) is 0 Å². The molecule has 106 valence electrons. The molecule has 0 spiro atoms. The van der Waals surface area contributed by atoms with Crippen LogP contribution in [-0.2, 0) is 9.53 Å². The lowest BCUT2D eigenvalue weighted by Gasteiger charge is -2.26. The van der Waals surface area contributed by atoms with Crippen LogP contribution in [0.4, 0.5) is 0 Å². The van der Waals surface area contributed by atoms with Crippen LogP contribution in [-0.4, -0.2) is 56.7 Å². The van der Waals surface area contributed by atoms with Crippen molar-refractivity contribution < 1.29 is 9.53 Å². The molecule has 5 nitrogen and oxygen atoms in total. The molecule has 1 fully saturated rings. The largest absolute Gasteiger partial charge is 0.379 e. The highest BCUT2D eigenvalue weighted by atomic mass is 16.5. The van der Waals surface area contributed by atoms with E-state index in [-0.39, 0.29) is 11.8 Å². The molecule has 18 heavy (non-hydrogen) atoms. The van der Waals surface area contributed by atoms with Gasteiger partial charge in [-0.1, -0.05) is 6.92 Å². The molecular formula is C13H27N3O2. The smallest absolute Gasteiger partial charge is 0.222 e. The zero-order valence-electron chi connectivity index (χ0n) is 11.5. The van der Waals surface area contributed by atoms with Crippen LogP contribution in [0.1, 0.15) is 26.2 Å². The number of carbonyl (C=O) groups is 1. The first-order chi connectivity index (χ1) is 8.74. The summed E-state index contributed by atoms with van der Waals surface area (Å²) >= 11 is 0. The van der Waals surface area contributed by atoms with Gasteiger partial charge in [-0.25, -0.2) is 0 Å². The maximum Gasteiger partial charge on any atom is 0.222 e. The Kier molecular flexibility index (Phi) is 7.96. The van der Waals surface area contributed by atoms with Crippen LogP contribution in [0.5, 0.6) is 0 Å². The number of ether oxygens (including phenoxy) is 1. The van der Waals surface area contributed by atoms with Crippen LogP contribution in [0, 0.1) is 5.92 Å². The van der Waals surface area contributed by atoms with E-state index in [0.29, 0.717) is 6.54 Å². The van der Waals surface area contributed by atoms with Crippen molar-refractivity contribution >= 4 is 5.91 Å². The monoisotopic (exact) mass is 257 g/mol. The Balaban J connectivity index is 2.00. The first kappa shape index (κ1) is 15.4. The molecule has 0 aromatic heterocycles. The van der Waals surface area contributed by atoms with E-state index in [1.165, 1.54) is 0 Å². The highest BCUT2D eigenvalue weighted by Crippen LogP contribution is 2.04. The summed E-state index contributed by atoms with van der Waals surface area (Å²) in [5, 5.41) is 2.99. The third kappa shape index (κ3) is 6.33. The first-order valence-electron chi connectivity index (χ1n) is 7.02. The Hall–Kier alpha value is -0.650. The van der Waals surface area contributed by atoms with Gasteiger partial charge >= 0.3 is 0 Å². The van der Waals surface area contributed by atoms with Gasteiger partial charge in [0.2, 0.25) is 5.91 Å². The zero-order chi connectivity index (χ0) is 13.2. The van der Waals surface area contributed by atoms with Crippen molar-refractivity contribution in [1.29, 1.82) is 0 Å². The van der Waals surface area contributed by atoms with E-state index in [0.717, 1.165) is 58.7 Å².